The van der Waals surface area contributed by atoms with Gasteiger partial charge in [0, 0.05) is 27.7 Å². The van der Waals surface area contributed by atoms with E-state index < -0.39 is 11.0 Å². The number of amides is 1. The van der Waals surface area contributed by atoms with Gasteiger partial charge in [0.05, 0.1) is 29.3 Å². The van der Waals surface area contributed by atoms with Gasteiger partial charge in [-0.05, 0) is 69.6 Å². The van der Waals surface area contributed by atoms with Gasteiger partial charge in [-0.25, -0.2) is 5.06 Å². The Morgan fingerprint density at radius 1 is 1.09 bits per heavy atom. The first-order chi connectivity index (χ1) is 15.7. The molecule has 0 N–H and O–H groups in total. The maximum atomic E-state index is 13.3. The van der Waals surface area contributed by atoms with Crippen LogP contribution in [0.3, 0.4) is 0 Å². The number of carbonyl (C=O) groups is 1. The molecule has 6 atom stereocenters. The summed E-state index contributed by atoms with van der Waals surface area (Å²) in [6.07, 6.45) is 2.06. The zero-order valence-electron chi connectivity index (χ0n) is 22.9. The van der Waals surface area contributed by atoms with Crippen LogP contribution in [0.1, 0.15) is 74.1 Å². The quantitative estimate of drug-likeness (QED) is 0.352. The van der Waals surface area contributed by atoms with Crippen molar-refractivity contribution in [3.8, 4) is 6.07 Å². The van der Waals surface area contributed by atoms with E-state index >= 15 is 0 Å². The van der Waals surface area contributed by atoms with Crippen LogP contribution in [0.4, 0.5) is 0 Å². The van der Waals surface area contributed by atoms with Crippen LogP contribution in [0.2, 0.25) is 0 Å². The lowest BCUT2D eigenvalue weighted by Gasteiger charge is -2.64. The summed E-state index contributed by atoms with van der Waals surface area (Å²) < 4.78 is 22.8. The summed E-state index contributed by atoms with van der Waals surface area (Å²) in [6, 6.07) is 2.58. The smallest absolute Gasteiger partial charge is 0.246 e. The van der Waals surface area contributed by atoms with Gasteiger partial charge in [-0.1, -0.05) is 20.8 Å². The van der Waals surface area contributed by atoms with Gasteiger partial charge in [0.1, 0.15) is 13.6 Å². The van der Waals surface area contributed by atoms with E-state index in [-0.39, 0.29) is 60.8 Å². The first kappa shape index (κ1) is 29.0. The Hall–Kier alpha value is -1.24. The second-order valence-electron chi connectivity index (χ2n) is 12.1. The van der Waals surface area contributed by atoms with E-state index in [1.54, 1.807) is 21.3 Å². The fraction of sp³-hybridized carbons (Fsp3) is 0.923. The SMILES string of the molecule is COCO[C@H]1C[C@]2(C)[C@H](CC[C@@](C)(C#N)[C@@H]2CC(=O)N(C)OC(C)(C)C)C(C)(C)[C@@H]1OCOC. The van der Waals surface area contributed by atoms with Crippen LogP contribution in [-0.2, 0) is 28.6 Å². The molecule has 2 fully saturated rings. The van der Waals surface area contributed by atoms with E-state index in [4.69, 9.17) is 23.8 Å². The Kier molecular flexibility index (Phi) is 9.21. The van der Waals surface area contributed by atoms with Crippen molar-refractivity contribution in [2.45, 2.75) is 92.0 Å². The predicted octanol–water partition coefficient (Wildman–Crippen LogP) is 4.54. The van der Waals surface area contributed by atoms with Crippen LogP contribution in [0.15, 0.2) is 0 Å². The van der Waals surface area contributed by atoms with Crippen LogP contribution in [0.5, 0.6) is 0 Å². The molecule has 0 radical (unpaired) electrons. The number of fused-ring (bicyclic) bond motifs is 1. The number of hydroxylamine groups is 2. The van der Waals surface area contributed by atoms with Gasteiger partial charge in [0.15, 0.2) is 0 Å². The normalized spacial score (nSPS) is 35.3. The third kappa shape index (κ3) is 5.93. The molecule has 1 amide bonds. The Morgan fingerprint density at radius 3 is 2.21 bits per heavy atom. The number of ether oxygens (including phenoxy) is 4. The van der Waals surface area contributed by atoms with Crippen LogP contribution < -0.4 is 0 Å². The number of hydrogen-bond donors (Lipinski definition) is 0. The molecule has 0 aliphatic heterocycles. The van der Waals surface area contributed by atoms with Crippen LogP contribution in [-0.4, -0.2) is 63.6 Å². The molecule has 0 heterocycles. The number of nitrogens with zero attached hydrogens (tertiary/aromatic N) is 2. The van der Waals surface area contributed by atoms with Gasteiger partial charge in [-0.15, -0.1) is 0 Å². The first-order valence-electron chi connectivity index (χ1n) is 12.2. The molecule has 2 saturated carbocycles. The van der Waals surface area contributed by atoms with Crippen molar-refractivity contribution in [3.63, 3.8) is 0 Å². The van der Waals surface area contributed by atoms with E-state index in [0.29, 0.717) is 6.42 Å². The van der Waals surface area contributed by atoms with Gasteiger partial charge < -0.3 is 18.9 Å². The van der Waals surface area contributed by atoms with E-state index in [0.717, 1.165) is 12.8 Å². The molecule has 2 aliphatic rings. The molecule has 0 saturated heterocycles. The van der Waals surface area contributed by atoms with Gasteiger partial charge in [-0.2, -0.15) is 5.26 Å². The summed E-state index contributed by atoms with van der Waals surface area (Å²) in [5.74, 6) is -0.0518. The molecule has 0 bridgehead atoms. The van der Waals surface area contributed by atoms with Crippen molar-refractivity contribution in [2.24, 2.45) is 28.1 Å². The third-order valence-electron chi connectivity index (χ3n) is 8.09. The molecule has 0 aromatic heterocycles. The van der Waals surface area contributed by atoms with Crippen molar-refractivity contribution >= 4 is 5.91 Å². The van der Waals surface area contributed by atoms with E-state index in [2.05, 4.69) is 26.8 Å². The molecule has 0 aromatic carbocycles. The Balaban J connectivity index is 2.46. The van der Waals surface area contributed by atoms with Gasteiger partial charge in [-0.3, -0.25) is 9.63 Å². The second kappa shape index (κ2) is 10.8. The predicted molar refractivity (Wildman–Crippen MR) is 128 cm³/mol. The minimum absolute atomic E-state index is 0.117. The molecule has 2 aliphatic carbocycles. The highest BCUT2D eigenvalue weighted by molar-refractivity contribution is 5.75. The molecule has 0 spiro atoms. The molecular formula is C26H46N2O6. The molecule has 2 rings (SSSR count). The summed E-state index contributed by atoms with van der Waals surface area (Å²) >= 11 is 0. The van der Waals surface area contributed by atoms with Crippen molar-refractivity contribution < 1.29 is 28.6 Å². The van der Waals surface area contributed by atoms with E-state index in [1.165, 1.54) is 5.06 Å². The number of carbonyl (C=O) groups excluding carboxylic acids is 1. The second-order valence-corrected chi connectivity index (χ2v) is 12.1. The standard InChI is InChI=1S/C26H46N2O6/c1-23(2,3)34-28(8)21(29)13-20-25(6,15-27)12-11-19-24(4,5)22(33-17-31-10)18(32-16-30-9)14-26(19,20)7/h18-20,22H,11-14,16-17H2,1-10H3/t18-,19+,20-,22+,25-,26+/m0/s1. The summed E-state index contributed by atoms with van der Waals surface area (Å²) in [4.78, 5) is 19.1. The molecule has 196 valence electrons. The van der Waals surface area contributed by atoms with Gasteiger partial charge in [0.25, 0.3) is 0 Å². The Bertz CT molecular complexity index is 745. The van der Waals surface area contributed by atoms with Crippen LogP contribution in [0.25, 0.3) is 0 Å². The maximum Gasteiger partial charge on any atom is 0.246 e. The summed E-state index contributed by atoms with van der Waals surface area (Å²) in [7, 11) is 4.87. The van der Waals surface area contributed by atoms with Crippen molar-refractivity contribution in [1.82, 2.24) is 5.06 Å². The fourth-order valence-electron chi connectivity index (χ4n) is 6.77. The van der Waals surface area contributed by atoms with Crippen molar-refractivity contribution in [2.75, 3.05) is 34.9 Å². The minimum atomic E-state index is -0.633. The highest BCUT2D eigenvalue weighted by Gasteiger charge is 2.64. The maximum absolute atomic E-state index is 13.3. The minimum Gasteiger partial charge on any atom is -0.359 e. The lowest BCUT2D eigenvalue weighted by molar-refractivity contribution is -0.261. The zero-order valence-corrected chi connectivity index (χ0v) is 22.9. The van der Waals surface area contributed by atoms with Crippen LogP contribution in [0, 0.1) is 39.4 Å². The highest BCUT2D eigenvalue weighted by Crippen LogP contribution is 2.65. The lowest BCUT2D eigenvalue weighted by Crippen LogP contribution is -2.64. The summed E-state index contributed by atoms with van der Waals surface area (Å²) in [5, 5.41) is 11.6. The van der Waals surface area contributed by atoms with Gasteiger partial charge >= 0.3 is 0 Å². The Labute approximate surface area is 206 Å². The van der Waals surface area contributed by atoms with E-state index in [1.807, 2.05) is 27.7 Å². The average molecular weight is 483 g/mol. The average Bonchev–Trinajstić information content (AvgIpc) is 2.72. The summed E-state index contributed by atoms with van der Waals surface area (Å²) in [6.45, 7) is 14.7. The number of rotatable bonds is 9. The summed E-state index contributed by atoms with van der Waals surface area (Å²) in [5.41, 5.74) is -1.71. The molecule has 8 heteroatoms. The first-order valence-corrected chi connectivity index (χ1v) is 12.2. The number of methoxy groups -OCH3 is 2. The fourth-order valence-corrected chi connectivity index (χ4v) is 6.77. The third-order valence-corrected chi connectivity index (χ3v) is 8.09. The molecule has 8 nitrogen and oxygen atoms in total. The van der Waals surface area contributed by atoms with Gasteiger partial charge in [0.2, 0.25) is 5.91 Å². The van der Waals surface area contributed by atoms with Crippen LogP contribution >= 0.6 is 0 Å². The topological polar surface area (TPSA) is 90.3 Å². The molecular weight excluding hydrogens is 436 g/mol. The number of nitriles is 1. The largest absolute Gasteiger partial charge is 0.359 e. The van der Waals surface area contributed by atoms with Crippen molar-refractivity contribution in [3.05, 3.63) is 0 Å². The zero-order chi connectivity index (χ0) is 25.9. The molecule has 0 aromatic rings. The highest BCUT2D eigenvalue weighted by atomic mass is 16.7. The monoisotopic (exact) mass is 482 g/mol. The van der Waals surface area contributed by atoms with Crippen molar-refractivity contribution in [1.29, 1.82) is 5.26 Å². The van der Waals surface area contributed by atoms with E-state index in [9.17, 15) is 10.1 Å². The lowest BCUT2D eigenvalue weighted by atomic mass is 9.42. The molecule has 0 unspecified atom stereocenters. The number of hydrogen-bond acceptors (Lipinski definition) is 7. The molecule has 34 heavy (non-hydrogen) atoms. The Morgan fingerprint density at radius 2 is 1.68 bits per heavy atom.